The molecule has 1 N–H and O–H groups in total. The maximum absolute atomic E-state index is 12.2. The third kappa shape index (κ3) is 6.18. The van der Waals surface area contributed by atoms with E-state index in [1.54, 1.807) is 6.33 Å². The minimum absolute atomic E-state index is 0.0225. The highest BCUT2D eigenvalue weighted by Crippen LogP contribution is 2.21. The number of amides is 1. The van der Waals surface area contributed by atoms with Crippen molar-refractivity contribution in [2.45, 2.75) is 38.5 Å². The van der Waals surface area contributed by atoms with Crippen LogP contribution < -0.4 is 5.32 Å². The van der Waals surface area contributed by atoms with Crippen LogP contribution in [0, 0.1) is 13.8 Å². The highest BCUT2D eigenvalue weighted by Gasteiger charge is 2.11. The molecule has 0 radical (unpaired) electrons. The Morgan fingerprint density at radius 2 is 1.97 bits per heavy atom. The van der Waals surface area contributed by atoms with Crippen molar-refractivity contribution in [3.8, 4) is 5.69 Å². The van der Waals surface area contributed by atoms with Crippen LogP contribution in [0.4, 0.5) is 0 Å². The molecule has 158 valence electrons. The van der Waals surface area contributed by atoms with E-state index in [2.05, 4.69) is 53.6 Å². The molecular weight excluding hydrogens is 396 g/mol. The number of aryl methyl sites for hydroxylation is 2. The van der Waals surface area contributed by atoms with E-state index in [0.29, 0.717) is 24.1 Å². The Hall–Kier alpha value is -2.64. The number of nitrogens with zero attached hydrogens (tertiary/aromatic N) is 3. The molecule has 0 saturated heterocycles. The first-order valence-corrected chi connectivity index (χ1v) is 11.1. The highest BCUT2D eigenvalue weighted by molar-refractivity contribution is 7.99. The van der Waals surface area contributed by atoms with Crippen LogP contribution >= 0.6 is 11.8 Å². The fourth-order valence-electron chi connectivity index (χ4n) is 2.94. The maximum Gasteiger partial charge on any atom is 0.230 e. The summed E-state index contributed by atoms with van der Waals surface area (Å²) in [6, 6.07) is 16.3. The molecule has 0 aliphatic heterocycles. The summed E-state index contributed by atoms with van der Waals surface area (Å²) >= 11 is 1.38. The van der Waals surface area contributed by atoms with Crippen LogP contribution in [-0.4, -0.2) is 39.6 Å². The average molecular weight is 425 g/mol. The van der Waals surface area contributed by atoms with Gasteiger partial charge in [-0.15, -0.1) is 10.2 Å². The van der Waals surface area contributed by atoms with Gasteiger partial charge in [-0.05, 0) is 56.0 Å². The number of thioether (sulfide) groups is 1. The number of nitrogens with one attached hydrogen (secondary N) is 1. The maximum atomic E-state index is 12.2. The molecule has 0 aliphatic carbocycles. The largest absolute Gasteiger partial charge is 0.374 e. The zero-order chi connectivity index (χ0) is 21.3. The Morgan fingerprint density at radius 3 is 2.73 bits per heavy atom. The fraction of sp³-hybridized carbons (Fsp3) is 0.348. The van der Waals surface area contributed by atoms with Crippen LogP contribution in [0.3, 0.4) is 0 Å². The van der Waals surface area contributed by atoms with Crippen molar-refractivity contribution in [1.29, 1.82) is 0 Å². The average Bonchev–Trinajstić information content (AvgIpc) is 3.23. The Labute approximate surface area is 182 Å². The van der Waals surface area contributed by atoms with Gasteiger partial charge in [-0.3, -0.25) is 9.36 Å². The Bertz CT molecular complexity index is 959. The third-order valence-electron chi connectivity index (χ3n) is 4.90. The van der Waals surface area contributed by atoms with Gasteiger partial charge in [0, 0.05) is 18.8 Å². The highest BCUT2D eigenvalue weighted by atomic mass is 32.2. The summed E-state index contributed by atoms with van der Waals surface area (Å²) in [5.74, 6) is 0.274. The molecule has 0 spiro atoms. The predicted octanol–water partition coefficient (Wildman–Crippen LogP) is 4.26. The number of aromatic nitrogens is 3. The van der Waals surface area contributed by atoms with Crippen LogP contribution in [0.1, 0.15) is 36.1 Å². The summed E-state index contributed by atoms with van der Waals surface area (Å²) in [6.45, 7) is 7.39. The molecule has 1 amide bonds. The second-order valence-electron chi connectivity index (χ2n) is 7.17. The van der Waals surface area contributed by atoms with Gasteiger partial charge in [0.05, 0.1) is 11.9 Å². The van der Waals surface area contributed by atoms with Crippen molar-refractivity contribution in [2.24, 2.45) is 0 Å². The lowest BCUT2D eigenvalue weighted by molar-refractivity contribution is -0.118. The monoisotopic (exact) mass is 424 g/mol. The van der Waals surface area contributed by atoms with Crippen molar-refractivity contribution in [3.05, 3.63) is 71.5 Å². The van der Waals surface area contributed by atoms with Crippen LogP contribution in [0.5, 0.6) is 0 Å². The normalized spacial score (nSPS) is 12.0. The van der Waals surface area contributed by atoms with Gasteiger partial charge in [-0.1, -0.05) is 48.2 Å². The minimum atomic E-state index is -0.0225. The van der Waals surface area contributed by atoms with Crippen molar-refractivity contribution in [1.82, 2.24) is 20.1 Å². The molecule has 0 fully saturated rings. The van der Waals surface area contributed by atoms with E-state index in [1.807, 2.05) is 35.8 Å². The van der Waals surface area contributed by atoms with Crippen LogP contribution in [0.2, 0.25) is 0 Å². The number of ether oxygens (including phenoxy) is 1. The van der Waals surface area contributed by atoms with E-state index >= 15 is 0 Å². The molecule has 1 unspecified atom stereocenters. The minimum Gasteiger partial charge on any atom is -0.374 e. The molecule has 3 aromatic rings. The Kier molecular flexibility index (Phi) is 8.04. The first kappa shape index (κ1) is 22.1. The summed E-state index contributed by atoms with van der Waals surface area (Å²) in [6.07, 6.45) is 2.50. The summed E-state index contributed by atoms with van der Waals surface area (Å²) in [7, 11) is 0. The van der Waals surface area contributed by atoms with Gasteiger partial charge >= 0.3 is 0 Å². The van der Waals surface area contributed by atoms with Gasteiger partial charge < -0.3 is 10.1 Å². The van der Waals surface area contributed by atoms with E-state index in [1.165, 1.54) is 22.9 Å². The fourth-order valence-corrected chi connectivity index (χ4v) is 3.70. The Morgan fingerprint density at radius 1 is 1.17 bits per heavy atom. The van der Waals surface area contributed by atoms with Crippen molar-refractivity contribution < 1.29 is 9.53 Å². The zero-order valence-electron chi connectivity index (χ0n) is 17.7. The topological polar surface area (TPSA) is 69.0 Å². The molecule has 1 heterocycles. The van der Waals surface area contributed by atoms with Gasteiger partial charge in [-0.2, -0.15) is 0 Å². The van der Waals surface area contributed by atoms with Gasteiger partial charge in [0.2, 0.25) is 5.91 Å². The van der Waals surface area contributed by atoms with Gasteiger partial charge in [0.25, 0.3) is 0 Å². The predicted molar refractivity (Wildman–Crippen MR) is 120 cm³/mol. The lowest BCUT2D eigenvalue weighted by Crippen LogP contribution is -2.27. The number of carbonyl (C=O) groups is 1. The van der Waals surface area contributed by atoms with E-state index in [9.17, 15) is 4.79 Å². The lowest BCUT2D eigenvalue weighted by atomic mass is 10.1. The molecule has 1 atom stereocenters. The molecule has 2 aromatic carbocycles. The third-order valence-corrected chi connectivity index (χ3v) is 5.84. The molecule has 3 rings (SSSR count). The standard InChI is InChI=1S/C23H28N4O2S/c1-17-10-11-21(14-18(17)2)27-16-25-26-23(27)30-15-22(28)24-12-7-13-29-19(3)20-8-5-4-6-9-20/h4-6,8-11,14,16,19H,7,12-13,15H2,1-3H3,(H,24,28). The van der Waals surface area contributed by atoms with E-state index < -0.39 is 0 Å². The molecule has 1 aromatic heterocycles. The van der Waals surface area contributed by atoms with Crippen molar-refractivity contribution in [3.63, 3.8) is 0 Å². The number of hydrogen-bond acceptors (Lipinski definition) is 5. The molecule has 0 aliphatic rings. The number of carbonyl (C=O) groups excluding carboxylic acids is 1. The van der Waals surface area contributed by atoms with Crippen LogP contribution in [0.15, 0.2) is 60.0 Å². The first-order chi connectivity index (χ1) is 14.5. The number of benzene rings is 2. The molecule has 6 nitrogen and oxygen atoms in total. The van der Waals surface area contributed by atoms with E-state index in [0.717, 1.165) is 17.7 Å². The van der Waals surface area contributed by atoms with Crippen molar-refractivity contribution >= 4 is 17.7 Å². The van der Waals surface area contributed by atoms with Gasteiger partial charge in [0.1, 0.15) is 6.33 Å². The van der Waals surface area contributed by atoms with E-state index in [-0.39, 0.29) is 12.0 Å². The van der Waals surface area contributed by atoms with Gasteiger partial charge in [-0.25, -0.2) is 0 Å². The molecule has 0 saturated carbocycles. The molecule has 0 bridgehead atoms. The lowest BCUT2D eigenvalue weighted by Gasteiger charge is -2.13. The zero-order valence-corrected chi connectivity index (χ0v) is 18.5. The van der Waals surface area contributed by atoms with Crippen LogP contribution in [-0.2, 0) is 9.53 Å². The summed E-state index contributed by atoms with van der Waals surface area (Å²) < 4.78 is 7.74. The number of hydrogen-bond donors (Lipinski definition) is 1. The molecule has 30 heavy (non-hydrogen) atoms. The Balaban J connectivity index is 1.38. The second-order valence-corrected chi connectivity index (χ2v) is 8.11. The quantitative estimate of drug-likeness (QED) is 0.389. The molecule has 7 heteroatoms. The molecular formula is C23H28N4O2S. The van der Waals surface area contributed by atoms with Crippen LogP contribution in [0.25, 0.3) is 5.69 Å². The smallest absolute Gasteiger partial charge is 0.230 e. The number of rotatable bonds is 10. The SMILES string of the molecule is Cc1ccc(-n2cnnc2SCC(=O)NCCCOC(C)c2ccccc2)cc1C. The first-order valence-electron chi connectivity index (χ1n) is 10.1. The summed E-state index contributed by atoms with van der Waals surface area (Å²) in [5, 5.41) is 11.8. The van der Waals surface area contributed by atoms with Crippen molar-refractivity contribution in [2.75, 3.05) is 18.9 Å². The summed E-state index contributed by atoms with van der Waals surface area (Å²) in [4.78, 5) is 12.2. The van der Waals surface area contributed by atoms with Gasteiger partial charge in [0.15, 0.2) is 5.16 Å². The summed E-state index contributed by atoms with van der Waals surface area (Å²) in [5.41, 5.74) is 4.60. The second kappa shape index (κ2) is 10.9. The van der Waals surface area contributed by atoms with E-state index in [4.69, 9.17) is 4.74 Å².